The first-order valence-corrected chi connectivity index (χ1v) is 8.34. The number of esters is 1. The molecule has 1 heterocycles. The van der Waals surface area contributed by atoms with Crippen molar-refractivity contribution in [2.75, 3.05) is 11.8 Å². The number of anilines is 1. The molecule has 0 fully saturated rings. The summed E-state index contributed by atoms with van der Waals surface area (Å²) in [7, 11) is -2.99. The van der Waals surface area contributed by atoms with Crippen molar-refractivity contribution in [3.05, 3.63) is 52.7 Å². The standard InChI is InChI=1S/C14H10ClF3N2O4S/c1-24-13(21)8-2-4-10(5-3-8)25(22,23)20-12-11(15)6-9(7-19-12)14(16,17)18/h2-7H,1H3,(H,19,20). The first kappa shape index (κ1) is 19.0. The monoisotopic (exact) mass is 394 g/mol. The predicted octanol–water partition coefficient (Wildman–Crippen LogP) is 3.34. The summed E-state index contributed by atoms with van der Waals surface area (Å²) in [5.74, 6) is -1.10. The van der Waals surface area contributed by atoms with E-state index in [1.54, 1.807) is 0 Å². The summed E-state index contributed by atoms with van der Waals surface area (Å²) >= 11 is 5.66. The number of ether oxygens (including phenoxy) is 1. The minimum absolute atomic E-state index is 0.132. The van der Waals surface area contributed by atoms with Gasteiger partial charge in [0.05, 0.1) is 28.2 Å². The number of sulfonamides is 1. The summed E-state index contributed by atoms with van der Waals surface area (Å²) in [6.45, 7) is 0. The molecule has 1 aromatic carbocycles. The van der Waals surface area contributed by atoms with Gasteiger partial charge in [-0.25, -0.2) is 18.2 Å². The second-order valence-corrected chi connectivity index (χ2v) is 6.76. The maximum absolute atomic E-state index is 12.6. The Morgan fingerprint density at radius 2 is 1.84 bits per heavy atom. The van der Waals surface area contributed by atoms with Gasteiger partial charge in [-0.05, 0) is 30.3 Å². The van der Waals surface area contributed by atoms with Crippen LogP contribution < -0.4 is 4.72 Å². The van der Waals surface area contributed by atoms with Gasteiger partial charge in [0.15, 0.2) is 5.82 Å². The predicted molar refractivity (Wildman–Crippen MR) is 82.8 cm³/mol. The van der Waals surface area contributed by atoms with Crippen molar-refractivity contribution in [2.45, 2.75) is 11.1 Å². The van der Waals surface area contributed by atoms with Crippen molar-refractivity contribution >= 4 is 33.4 Å². The number of hydrogen-bond donors (Lipinski definition) is 1. The van der Waals surface area contributed by atoms with Crippen LogP contribution in [0.25, 0.3) is 0 Å². The van der Waals surface area contributed by atoms with E-state index in [1.165, 1.54) is 19.2 Å². The van der Waals surface area contributed by atoms with Crippen LogP contribution in [-0.4, -0.2) is 26.5 Å². The Hall–Kier alpha value is -2.33. The normalized spacial score (nSPS) is 11.9. The summed E-state index contributed by atoms with van der Waals surface area (Å²) in [4.78, 5) is 14.5. The van der Waals surface area contributed by atoms with Gasteiger partial charge in [0.2, 0.25) is 0 Å². The summed E-state index contributed by atoms with van der Waals surface area (Å²) in [6.07, 6.45) is -4.19. The Labute approximate surface area is 145 Å². The van der Waals surface area contributed by atoms with Crippen LogP contribution in [0.3, 0.4) is 0 Å². The molecule has 11 heteroatoms. The van der Waals surface area contributed by atoms with E-state index in [0.717, 1.165) is 12.1 Å². The number of nitrogens with zero attached hydrogens (tertiary/aromatic N) is 1. The van der Waals surface area contributed by atoms with Crippen molar-refractivity contribution in [1.82, 2.24) is 4.98 Å². The van der Waals surface area contributed by atoms with E-state index in [1.807, 2.05) is 4.72 Å². The lowest BCUT2D eigenvalue weighted by Crippen LogP contribution is -2.15. The number of methoxy groups -OCH3 is 1. The zero-order chi connectivity index (χ0) is 18.8. The smallest absolute Gasteiger partial charge is 0.417 e. The van der Waals surface area contributed by atoms with E-state index in [9.17, 15) is 26.4 Å². The first-order valence-electron chi connectivity index (χ1n) is 6.48. The lowest BCUT2D eigenvalue weighted by atomic mass is 10.2. The fourth-order valence-electron chi connectivity index (χ4n) is 1.74. The first-order chi connectivity index (χ1) is 11.5. The number of halogens is 4. The summed E-state index contributed by atoms with van der Waals surface area (Å²) in [6, 6.07) is 5.27. The topological polar surface area (TPSA) is 85.4 Å². The Morgan fingerprint density at radius 1 is 1.24 bits per heavy atom. The largest absolute Gasteiger partial charge is 0.465 e. The molecule has 0 aliphatic heterocycles. The maximum atomic E-state index is 12.6. The van der Waals surface area contributed by atoms with Gasteiger partial charge in [-0.3, -0.25) is 4.72 Å². The van der Waals surface area contributed by atoms with Crippen LogP contribution in [0.15, 0.2) is 41.4 Å². The van der Waals surface area contributed by atoms with Crippen molar-refractivity contribution < 1.29 is 31.1 Å². The summed E-state index contributed by atoms with van der Waals surface area (Å²) in [5.41, 5.74) is -0.977. The number of alkyl halides is 3. The molecule has 6 nitrogen and oxygen atoms in total. The number of aromatic nitrogens is 1. The van der Waals surface area contributed by atoms with Crippen molar-refractivity contribution in [1.29, 1.82) is 0 Å². The minimum Gasteiger partial charge on any atom is -0.465 e. The Kier molecular flexibility index (Phi) is 5.23. The number of hydrogen-bond acceptors (Lipinski definition) is 5. The zero-order valence-electron chi connectivity index (χ0n) is 12.5. The highest BCUT2D eigenvalue weighted by atomic mass is 35.5. The van der Waals surface area contributed by atoms with Gasteiger partial charge in [-0.1, -0.05) is 11.6 Å². The molecule has 1 aromatic heterocycles. The lowest BCUT2D eigenvalue weighted by Gasteiger charge is -2.11. The van der Waals surface area contributed by atoms with Crippen LogP contribution >= 0.6 is 11.6 Å². The summed E-state index contributed by atoms with van der Waals surface area (Å²) in [5, 5.41) is -0.510. The molecule has 0 amide bonds. The molecule has 0 saturated carbocycles. The molecule has 0 atom stereocenters. The van der Waals surface area contributed by atoms with E-state index in [4.69, 9.17) is 11.6 Å². The number of nitrogens with one attached hydrogen (secondary N) is 1. The molecule has 0 unspecified atom stereocenters. The molecule has 1 N–H and O–H groups in total. The Bertz CT molecular complexity index is 899. The van der Waals surface area contributed by atoms with Crippen LogP contribution in [0.4, 0.5) is 19.0 Å². The summed E-state index contributed by atoms with van der Waals surface area (Å²) < 4.78 is 68.6. The second kappa shape index (κ2) is 6.89. The average molecular weight is 395 g/mol. The van der Waals surface area contributed by atoms with E-state index in [0.29, 0.717) is 12.3 Å². The minimum atomic E-state index is -4.65. The van der Waals surface area contributed by atoms with E-state index in [-0.39, 0.29) is 10.5 Å². The highest BCUT2D eigenvalue weighted by Crippen LogP contribution is 2.32. The SMILES string of the molecule is COC(=O)c1ccc(S(=O)(=O)Nc2ncc(C(F)(F)F)cc2Cl)cc1. The number of pyridine rings is 1. The number of rotatable bonds is 4. The fourth-order valence-corrected chi connectivity index (χ4v) is 3.04. The van der Waals surface area contributed by atoms with Crippen molar-refractivity contribution in [3.63, 3.8) is 0 Å². The van der Waals surface area contributed by atoms with Gasteiger partial charge in [-0.2, -0.15) is 13.2 Å². The molecule has 25 heavy (non-hydrogen) atoms. The average Bonchev–Trinajstić information content (AvgIpc) is 2.55. The zero-order valence-corrected chi connectivity index (χ0v) is 14.0. The molecule has 0 spiro atoms. The molecule has 0 aliphatic carbocycles. The molecular weight excluding hydrogens is 385 g/mol. The fraction of sp³-hybridized carbons (Fsp3) is 0.143. The van der Waals surface area contributed by atoms with Crippen LogP contribution in [0.2, 0.25) is 5.02 Å². The Morgan fingerprint density at radius 3 is 2.32 bits per heavy atom. The van der Waals surface area contributed by atoms with Gasteiger partial charge in [0.25, 0.3) is 10.0 Å². The number of benzene rings is 1. The van der Waals surface area contributed by atoms with E-state index in [2.05, 4.69) is 9.72 Å². The molecule has 0 saturated heterocycles. The Balaban J connectivity index is 2.28. The third-order valence-corrected chi connectivity index (χ3v) is 4.63. The van der Waals surface area contributed by atoms with Gasteiger partial charge < -0.3 is 4.74 Å². The molecule has 0 radical (unpaired) electrons. The van der Waals surface area contributed by atoms with Crippen LogP contribution in [-0.2, 0) is 20.9 Å². The molecule has 2 aromatic rings. The molecule has 0 bridgehead atoms. The highest BCUT2D eigenvalue weighted by molar-refractivity contribution is 7.92. The maximum Gasteiger partial charge on any atom is 0.417 e. The van der Waals surface area contributed by atoms with Gasteiger partial charge in [-0.15, -0.1) is 0 Å². The molecular formula is C14H10ClF3N2O4S. The third kappa shape index (κ3) is 4.40. The van der Waals surface area contributed by atoms with Gasteiger partial charge >= 0.3 is 12.1 Å². The van der Waals surface area contributed by atoms with Gasteiger partial charge in [0, 0.05) is 6.20 Å². The van der Waals surface area contributed by atoms with Gasteiger partial charge in [0.1, 0.15) is 0 Å². The van der Waals surface area contributed by atoms with Crippen LogP contribution in [0.5, 0.6) is 0 Å². The van der Waals surface area contributed by atoms with E-state index < -0.39 is 38.6 Å². The third-order valence-electron chi connectivity index (χ3n) is 2.99. The molecule has 0 aliphatic rings. The van der Waals surface area contributed by atoms with Crippen molar-refractivity contribution in [3.8, 4) is 0 Å². The van der Waals surface area contributed by atoms with Crippen molar-refractivity contribution in [2.24, 2.45) is 0 Å². The molecule has 134 valence electrons. The van der Waals surface area contributed by atoms with E-state index >= 15 is 0 Å². The van der Waals surface area contributed by atoms with Crippen LogP contribution in [0.1, 0.15) is 15.9 Å². The van der Waals surface area contributed by atoms with Crippen LogP contribution in [0, 0.1) is 0 Å². The number of carbonyl (C=O) groups excluding carboxylic acids is 1. The number of carbonyl (C=O) groups is 1. The molecule has 2 rings (SSSR count). The second-order valence-electron chi connectivity index (χ2n) is 4.67. The lowest BCUT2D eigenvalue weighted by molar-refractivity contribution is -0.137. The quantitative estimate of drug-likeness (QED) is 0.804. The highest BCUT2D eigenvalue weighted by Gasteiger charge is 2.32.